The number of thiophene rings is 1. The topological polar surface area (TPSA) is 157 Å². The molecule has 0 saturated heterocycles. The van der Waals surface area contributed by atoms with E-state index in [-0.39, 0.29) is 17.4 Å². The van der Waals surface area contributed by atoms with Gasteiger partial charge in [0.05, 0.1) is 33.4 Å². The summed E-state index contributed by atoms with van der Waals surface area (Å²) >= 11 is 1.33. The molecule has 34 heavy (non-hydrogen) atoms. The van der Waals surface area contributed by atoms with E-state index in [2.05, 4.69) is 30.3 Å². The summed E-state index contributed by atoms with van der Waals surface area (Å²) in [5.41, 5.74) is 2.33. The molecule has 2 amide bonds. The number of anilines is 2. The van der Waals surface area contributed by atoms with E-state index in [9.17, 15) is 19.6 Å². The number of rotatable bonds is 5. The van der Waals surface area contributed by atoms with Gasteiger partial charge in [-0.3, -0.25) is 19.1 Å². The normalized spacial score (nSPS) is 10.7. The van der Waals surface area contributed by atoms with Crippen LogP contribution in [0.2, 0.25) is 0 Å². The molecule has 0 radical (unpaired) electrons. The molecule has 0 bridgehead atoms. The van der Waals surface area contributed by atoms with Gasteiger partial charge in [-0.25, -0.2) is 4.79 Å². The molecule has 4 N–H and O–H groups in total. The van der Waals surface area contributed by atoms with Gasteiger partial charge < -0.3 is 15.6 Å². The SMILES string of the molecule is N#Cc1ccc(NC(=O)c2cc3cccc(NC(=O)c4cccs4)c3[nH]2)c(-c2noc(=O)[nH]2)c1. The summed E-state index contributed by atoms with van der Waals surface area (Å²) in [5, 5.41) is 21.0. The molecule has 0 saturated carbocycles. The van der Waals surface area contributed by atoms with Crippen LogP contribution in [0, 0.1) is 11.3 Å². The zero-order valence-electron chi connectivity index (χ0n) is 17.2. The summed E-state index contributed by atoms with van der Waals surface area (Å²) in [4.78, 5) is 42.9. The van der Waals surface area contributed by atoms with E-state index in [4.69, 9.17) is 0 Å². The van der Waals surface area contributed by atoms with Crippen molar-refractivity contribution in [3.05, 3.63) is 86.7 Å². The first-order valence-corrected chi connectivity index (χ1v) is 10.8. The number of fused-ring (bicyclic) bond motifs is 1. The number of H-pyrrole nitrogens is 2. The van der Waals surface area contributed by atoms with Crippen LogP contribution in [0.25, 0.3) is 22.3 Å². The third-order valence-electron chi connectivity index (χ3n) is 4.99. The maximum atomic E-state index is 13.0. The summed E-state index contributed by atoms with van der Waals surface area (Å²) < 4.78 is 4.55. The van der Waals surface area contributed by atoms with Crippen LogP contribution < -0.4 is 16.4 Å². The highest BCUT2D eigenvalue weighted by Crippen LogP contribution is 2.28. The summed E-state index contributed by atoms with van der Waals surface area (Å²) in [5.74, 6) is -1.40. The van der Waals surface area contributed by atoms with Crippen LogP contribution in [-0.2, 0) is 0 Å². The number of hydrogen-bond acceptors (Lipinski definition) is 7. The van der Waals surface area contributed by atoms with Crippen molar-refractivity contribution >= 4 is 45.4 Å². The van der Waals surface area contributed by atoms with Crippen molar-refractivity contribution in [2.75, 3.05) is 10.6 Å². The summed E-state index contributed by atoms with van der Waals surface area (Å²) in [7, 11) is 0. The molecule has 166 valence electrons. The molecule has 11 heteroatoms. The van der Waals surface area contributed by atoms with Crippen molar-refractivity contribution in [1.29, 1.82) is 5.26 Å². The van der Waals surface area contributed by atoms with Crippen molar-refractivity contribution in [2.45, 2.75) is 0 Å². The number of benzene rings is 2. The van der Waals surface area contributed by atoms with Crippen LogP contribution in [0.3, 0.4) is 0 Å². The van der Waals surface area contributed by atoms with Gasteiger partial charge in [0.2, 0.25) is 0 Å². The zero-order chi connectivity index (χ0) is 23.7. The van der Waals surface area contributed by atoms with Crippen molar-refractivity contribution in [3.8, 4) is 17.5 Å². The molecule has 5 aromatic rings. The predicted octanol–water partition coefficient (Wildman–Crippen LogP) is 3.95. The second-order valence-corrected chi connectivity index (χ2v) is 8.10. The zero-order valence-corrected chi connectivity index (χ0v) is 18.0. The van der Waals surface area contributed by atoms with Gasteiger partial charge in [-0.1, -0.05) is 23.4 Å². The van der Waals surface area contributed by atoms with Crippen LogP contribution >= 0.6 is 11.3 Å². The number of carbonyl (C=O) groups is 2. The van der Waals surface area contributed by atoms with Crippen molar-refractivity contribution < 1.29 is 14.1 Å². The van der Waals surface area contributed by atoms with Gasteiger partial charge in [-0.2, -0.15) is 5.26 Å². The van der Waals surface area contributed by atoms with Gasteiger partial charge in [-0.15, -0.1) is 11.3 Å². The molecule has 3 aromatic heterocycles. The van der Waals surface area contributed by atoms with E-state index in [1.54, 1.807) is 30.3 Å². The van der Waals surface area contributed by atoms with E-state index in [1.807, 2.05) is 17.5 Å². The molecule has 2 aromatic carbocycles. The molecule has 3 heterocycles. The summed E-state index contributed by atoms with van der Waals surface area (Å²) in [6.07, 6.45) is 0. The molecule has 0 spiro atoms. The van der Waals surface area contributed by atoms with Crippen LogP contribution in [0.15, 0.2) is 69.3 Å². The molecule has 10 nitrogen and oxygen atoms in total. The summed E-state index contributed by atoms with van der Waals surface area (Å²) in [6, 6.07) is 17.1. The smallest absolute Gasteiger partial charge is 0.349 e. The molecule has 0 aliphatic carbocycles. The van der Waals surface area contributed by atoms with Crippen molar-refractivity contribution in [1.82, 2.24) is 15.1 Å². The number of aromatic amines is 2. The number of para-hydroxylation sites is 1. The predicted molar refractivity (Wildman–Crippen MR) is 126 cm³/mol. The maximum Gasteiger partial charge on any atom is 0.439 e. The van der Waals surface area contributed by atoms with Crippen LogP contribution in [0.5, 0.6) is 0 Å². The lowest BCUT2D eigenvalue weighted by atomic mass is 10.1. The fraction of sp³-hybridized carbons (Fsp3) is 0. The minimum absolute atomic E-state index is 0.0765. The molecule has 0 fully saturated rings. The number of amides is 2. The lowest BCUT2D eigenvalue weighted by molar-refractivity contribution is 0.101. The number of aromatic nitrogens is 3. The third kappa shape index (κ3) is 3.96. The highest BCUT2D eigenvalue weighted by atomic mass is 32.1. The first kappa shape index (κ1) is 20.9. The highest BCUT2D eigenvalue weighted by molar-refractivity contribution is 7.12. The Morgan fingerprint density at radius 3 is 2.59 bits per heavy atom. The lowest BCUT2D eigenvalue weighted by Gasteiger charge is -2.09. The lowest BCUT2D eigenvalue weighted by Crippen LogP contribution is -2.13. The van der Waals surface area contributed by atoms with Crippen LogP contribution in [0.1, 0.15) is 25.7 Å². The van der Waals surface area contributed by atoms with E-state index in [0.29, 0.717) is 32.9 Å². The quantitative estimate of drug-likeness (QED) is 0.305. The fourth-order valence-electron chi connectivity index (χ4n) is 3.43. The second-order valence-electron chi connectivity index (χ2n) is 7.15. The molecule has 0 unspecified atom stereocenters. The average Bonchev–Trinajstić information content (AvgIpc) is 3.60. The molecule has 0 aliphatic rings. The van der Waals surface area contributed by atoms with Gasteiger partial charge in [0.1, 0.15) is 5.69 Å². The molecular formula is C23H14N6O4S. The average molecular weight is 470 g/mol. The number of hydrogen-bond donors (Lipinski definition) is 4. The largest absolute Gasteiger partial charge is 0.439 e. The van der Waals surface area contributed by atoms with E-state index in [1.165, 1.54) is 29.5 Å². The first-order chi connectivity index (χ1) is 16.5. The van der Waals surface area contributed by atoms with Crippen molar-refractivity contribution in [3.63, 3.8) is 0 Å². The van der Waals surface area contributed by atoms with Crippen LogP contribution in [-0.4, -0.2) is 26.9 Å². The second kappa shape index (κ2) is 8.53. The molecular weight excluding hydrogens is 456 g/mol. The maximum absolute atomic E-state index is 13.0. The Labute approximate surface area is 194 Å². The Hall–Kier alpha value is -4.95. The molecule has 0 aliphatic heterocycles. The Bertz CT molecular complexity index is 1640. The highest BCUT2D eigenvalue weighted by Gasteiger charge is 2.17. The number of carbonyl (C=O) groups excluding carboxylic acids is 2. The number of nitrogens with zero attached hydrogens (tertiary/aromatic N) is 2. The van der Waals surface area contributed by atoms with Gasteiger partial charge in [0.25, 0.3) is 11.8 Å². The number of nitriles is 1. The van der Waals surface area contributed by atoms with E-state index < -0.39 is 11.7 Å². The molecule has 5 rings (SSSR count). The summed E-state index contributed by atoms with van der Waals surface area (Å²) in [6.45, 7) is 0. The Morgan fingerprint density at radius 1 is 1.00 bits per heavy atom. The van der Waals surface area contributed by atoms with Crippen molar-refractivity contribution in [2.24, 2.45) is 0 Å². The Kier molecular flexibility index (Phi) is 5.25. The van der Waals surface area contributed by atoms with Gasteiger partial charge in [-0.05, 0) is 41.8 Å². The van der Waals surface area contributed by atoms with Crippen LogP contribution in [0.4, 0.5) is 11.4 Å². The number of nitrogens with one attached hydrogen (secondary N) is 4. The minimum atomic E-state index is -0.762. The fourth-order valence-corrected chi connectivity index (χ4v) is 4.05. The van der Waals surface area contributed by atoms with Gasteiger partial charge >= 0.3 is 5.76 Å². The van der Waals surface area contributed by atoms with E-state index in [0.717, 1.165) is 5.39 Å². The van der Waals surface area contributed by atoms with E-state index >= 15 is 0 Å². The van der Waals surface area contributed by atoms with Gasteiger partial charge in [0.15, 0.2) is 5.82 Å². The minimum Gasteiger partial charge on any atom is -0.349 e. The molecule has 0 atom stereocenters. The Morgan fingerprint density at radius 2 is 1.85 bits per heavy atom. The third-order valence-corrected chi connectivity index (χ3v) is 5.85. The first-order valence-electron chi connectivity index (χ1n) is 9.90. The monoisotopic (exact) mass is 470 g/mol. The Balaban J connectivity index is 1.45. The van der Waals surface area contributed by atoms with Gasteiger partial charge in [0, 0.05) is 10.9 Å². The standard InChI is InChI=1S/C23H14N6O4S/c24-11-12-6-7-15(14(9-12)20-28-23(32)33-29-20)26-21(30)17-10-13-3-1-4-16(19(13)25-17)27-22(31)18-5-2-8-34-18/h1-10,25H,(H,26,30)(H,27,31)(H,28,29,32).